The van der Waals surface area contributed by atoms with E-state index in [1.807, 2.05) is 45.0 Å². The lowest BCUT2D eigenvalue weighted by atomic mass is 9.95. The van der Waals surface area contributed by atoms with Gasteiger partial charge in [-0.1, -0.05) is 54.0 Å². The number of aromatic nitrogens is 3. The molecule has 1 aliphatic rings. The summed E-state index contributed by atoms with van der Waals surface area (Å²) in [6, 6.07) is 10.3. The van der Waals surface area contributed by atoms with Gasteiger partial charge in [-0.2, -0.15) is 4.98 Å². The zero-order chi connectivity index (χ0) is 27.4. The van der Waals surface area contributed by atoms with Gasteiger partial charge in [-0.05, 0) is 62.6 Å². The fourth-order valence-electron chi connectivity index (χ4n) is 4.00. The Bertz CT molecular complexity index is 1360. The van der Waals surface area contributed by atoms with E-state index in [2.05, 4.69) is 17.2 Å². The van der Waals surface area contributed by atoms with Gasteiger partial charge in [0.05, 0.1) is 28.8 Å². The van der Waals surface area contributed by atoms with Gasteiger partial charge in [0.2, 0.25) is 11.1 Å². The number of carbonyl (C=O) groups excluding carboxylic acids is 1. The normalized spacial score (nSPS) is 14.8. The molecule has 0 spiro atoms. The van der Waals surface area contributed by atoms with Gasteiger partial charge in [-0.25, -0.2) is 9.48 Å². The van der Waals surface area contributed by atoms with Crippen molar-refractivity contribution >= 4 is 46.9 Å². The van der Waals surface area contributed by atoms with Crippen LogP contribution in [0.3, 0.4) is 0 Å². The van der Waals surface area contributed by atoms with Crippen molar-refractivity contribution in [2.75, 3.05) is 18.2 Å². The summed E-state index contributed by atoms with van der Waals surface area (Å²) in [5, 5.41) is 9.54. The van der Waals surface area contributed by atoms with E-state index in [0.29, 0.717) is 43.9 Å². The third kappa shape index (κ3) is 6.22. The summed E-state index contributed by atoms with van der Waals surface area (Å²) in [6.45, 7) is 7.86. The molecule has 0 saturated carbocycles. The van der Waals surface area contributed by atoms with E-state index in [1.54, 1.807) is 35.7 Å². The van der Waals surface area contributed by atoms with Crippen molar-refractivity contribution in [3.05, 3.63) is 68.8 Å². The van der Waals surface area contributed by atoms with Crippen LogP contribution in [0.1, 0.15) is 51.3 Å². The number of nitrogens with zero attached hydrogens (tertiary/aromatic N) is 3. The molecule has 2 aromatic carbocycles. The number of anilines is 1. The second kappa shape index (κ2) is 12.3. The van der Waals surface area contributed by atoms with Gasteiger partial charge in [0, 0.05) is 11.4 Å². The predicted octanol–water partition coefficient (Wildman–Crippen LogP) is 6.92. The van der Waals surface area contributed by atoms with Crippen LogP contribution in [0.2, 0.25) is 10.0 Å². The highest BCUT2D eigenvalue weighted by atomic mass is 35.5. The van der Waals surface area contributed by atoms with Crippen LogP contribution in [0, 0.1) is 0 Å². The molecule has 1 unspecified atom stereocenters. The zero-order valence-electron chi connectivity index (χ0n) is 21.9. The minimum atomic E-state index is -0.570. The molecule has 0 radical (unpaired) electrons. The molecule has 202 valence electrons. The number of halogens is 2. The van der Waals surface area contributed by atoms with Crippen LogP contribution in [0.4, 0.5) is 5.95 Å². The molecule has 0 fully saturated rings. The number of carbonyl (C=O) groups is 1. The van der Waals surface area contributed by atoms with Crippen LogP contribution < -0.4 is 14.8 Å². The molecule has 1 N–H and O–H groups in total. The van der Waals surface area contributed by atoms with Crippen molar-refractivity contribution in [3.63, 3.8) is 0 Å². The van der Waals surface area contributed by atoms with Crippen LogP contribution in [0.5, 0.6) is 11.5 Å². The van der Waals surface area contributed by atoms with E-state index in [1.165, 1.54) is 0 Å². The van der Waals surface area contributed by atoms with E-state index >= 15 is 0 Å². The molecule has 2 heterocycles. The zero-order valence-corrected chi connectivity index (χ0v) is 24.2. The molecular formula is C27H30Cl2N4O4S. The average Bonchev–Trinajstić information content (AvgIpc) is 3.29. The number of ether oxygens (including phenoxy) is 3. The summed E-state index contributed by atoms with van der Waals surface area (Å²) in [5.41, 5.74) is 2.75. The van der Waals surface area contributed by atoms with Crippen LogP contribution in [0.25, 0.3) is 0 Å². The monoisotopic (exact) mass is 576 g/mol. The molecule has 1 atom stereocenters. The van der Waals surface area contributed by atoms with E-state index in [4.69, 9.17) is 42.5 Å². The molecular weight excluding hydrogens is 547 g/mol. The topological polar surface area (TPSA) is 87.5 Å². The number of allylic oxidation sites excluding steroid dienone is 1. The summed E-state index contributed by atoms with van der Waals surface area (Å²) in [4.78, 5) is 17.9. The molecule has 0 amide bonds. The predicted molar refractivity (Wildman–Crippen MR) is 151 cm³/mol. The van der Waals surface area contributed by atoms with Crippen LogP contribution in [-0.4, -0.2) is 39.7 Å². The highest BCUT2D eigenvalue weighted by Gasteiger charge is 2.36. The molecule has 38 heavy (non-hydrogen) atoms. The Balaban J connectivity index is 1.70. The molecule has 11 heteroatoms. The van der Waals surface area contributed by atoms with Gasteiger partial charge in [-0.3, -0.25) is 0 Å². The fraction of sp³-hybridized carbons (Fsp3) is 0.370. The second-order valence-corrected chi connectivity index (χ2v) is 10.9. The third-order valence-electron chi connectivity index (χ3n) is 5.71. The van der Waals surface area contributed by atoms with Gasteiger partial charge < -0.3 is 19.5 Å². The number of nitrogens with one attached hydrogen (secondary N) is 1. The minimum Gasteiger partial charge on any atom is -0.493 e. The largest absolute Gasteiger partial charge is 0.493 e. The Hall–Kier alpha value is -2.88. The summed E-state index contributed by atoms with van der Waals surface area (Å²) in [5.74, 6) is 2.09. The highest BCUT2D eigenvalue weighted by Crippen LogP contribution is 2.40. The van der Waals surface area contributed by atoms with Crippen molar-refractivity contribution in [1.29, 1.82) is 0 Å². The average molecular weight is 578 g/mol. The number of fused-ring (bicyclic) bond motifs is 1. The first-order valence-electron chi connectivity index (χ1n) is 12.2. The molecule has 0 saturated heterocycles. The number of rotatable bonds is 10. The molecule has 3 aromatic rings. The lowest BCUT2D eigenvalue weighted by Crippen LogP contribution is -2.30. The summed E-state index contributed by atoms with van der Waals surface area (Å²) < 4.78 is 19.0. The highest BCUT2D eigenvalue weighted by molar-refractivity contribution is 7.99. The summed E-state index contributed by atoms with van der Waals surface area (Å²) in [6.07, 6.45) is 0.721. The SMILES string of the molecule is CCCSc1nc2n(n1)C(c1ccc(OCc3ccc(Cl)c(Cl)c3)c(OC)c1)C(C(=O)OC(C)C)=C(C)N2. The maximum absolute atomic E-state index is 13.3. The Morgan fingerprint density at radius 2 is 1.95 bits per heavy atom. The van der Waals surface area contributed by atoms with Crippen molar-refractivity contribution < 1.29 is 19.0 Å². The number of hydrogen-bond acceptors (Lipinski definition) is 8. The molecule has 4 rings (SSSR count). The van der Waals surface area contributed by atoms with Crippen molar-refractivity contribution in [3.8, 4) is 11.5 Å². The maximum atomic E-state index is 13.3. The molecule has 1 aromatic heterocycles. The Labute approximate surface area is 236 Å². The Kier molecular flexibility index (Phi) is 9.12. The van der Waals surface area contributed by atoms with E-state index in [0.717, 1.165) is 23.3 Å². The van der Waals surface area contributed by atoms with Crippen LogP contribution in [-0.2, 0) is 16.1 Å². The minimum absolute atomic E-state index is 0.274. The van der Waals surface area contributed by atoms with Crippen LogP contribution in [0.15, 0.2) is 52.8 Å². The van der Waals surface area contributed by atoms with E-state index in [-0.39, 0.29) is 12.7 Å². The lowest BCUT2D eigenvalue weighted by molar-refractivity contribution is -0.143. The van der Waals surface area contributed by atoms with Gasteiger partial charge in [0.15, 0.2) is 11.5 Å². The number of hydrogen-bond donors (Lipinski definition) is 1. The van der Waals surface area contributed by atoms with Crippen molar-refractivity contribution in [1.82, 2.24) is 14.8 Å². The smallest absolute Gasteiger partial charge is 0.338 e. The summed E-state index contributed by atoms with van der Waals surface area (Å²) >= 11 is 13.7. The van der Waals surface area contributed by atoms with Gasteiger partial charge >= 0.3 is 5.97 Å². The molecule has 1 aliphatic heterocycles. The first-order valence-corrected chi connectivity index (χ1v) is 14.0. The number of methoxy groups -OCH3 is 1. The first kappa shape index (κ1) is 28.1. The number of thioether (sulfide) groups is 1. The summed E-state index contributed by atoms with van der Waals surface area (Å²) in [7, 11) is 1.57. The fourth-order valence-corrected chi connectivity index (χ4v) is 5.00. The molecule has 0 aliphatic carbocycles. The lowest BCUT2D eigenvalue weighted by Gasteiger charge is -2.29. The maximum Gasteiger partial charge on any atom is 0.338 e. The van der Waals surface area contributed by atoms with Crippen molar-refractivity contribution in [2.45, 2.75) is 58.0 Å². The Morgan fingerprint density at radius 3 is 2.63 bits per heavy atom. The molecule has 8 nitrogen and oxygen atoms in total. The first-order chi connectivity index (χ1) is 18.2. The molecule has 0 bridgehead atoms. The van der Waals surface area contributed by atoms with Gasteiger partial charge in [0.25, 0.3) is 0 Å². The Morgan fingerprint density at radius 1 is 1.16 bits per heavy atom. The van der Waals surface area contributed by atoms with Gasteiger partial charge in [0.1, 0.15) is 12.6 Å². The quantitative estimate of drug-likeness (QED) is 0.205. The standard InChI is InChI=1S/C27H30Cl2N4O4S/c1-6-11-38-27-31-26-30-16(4)23(25(34)37-15(2)3)24(33(26)32-27)18-8-10-21(22(13-18)35-5)36-14-17-7-9-19(28)20(29)12-17/h7-10,12-13,15,24H,6,11,14H2,1-5H3,(H,30,31,32). The number of benzene rings is 2. The van der Waals surface area contributed by atoms with E-state index < -0.39 is 12.0 Å². The van der Waals surface area contributed by atoms with Gasteiger partial charge in [-0.15, -0.1) is 5.10 Å². The van der Waals surface area contributed by atoms with Crippen molar-refractivity contribution in [2.24, 2.45) is 0 Å². The van der Waals surface area contributed by atoms with E-state index in [9.17, 15) is 4.79 Å². The van der Waals surface area contributed by atoms with Crippen LogP contribution >= 0.6 is 35.0 Å². The second-order valence-electron chi connectivity index (χ2n) is 8.98. The number of esters is 1. The third-order valence-corrected chi connectivity index (χ3v) is 7.50.